The molecule has 23 heavy (non-hydrogen) atoms. The maximum Gasteiger partial charge on any atom is 0.267 e. The van der Waals surface area contributed by atoms with Crippen LogP contribution in [0.15, 0.2) is 64.2 Å². The monoisotopic (exact) mass is 343 g/mol. The zero-order chi connectivity index (χ0) is 16.4. The summed E-state index contributed by atoms with van der Waals surface area (Å²) in [6, 6.07) is 11.0. The number of hydrogen-bond donors (Lipinski definition) is 0. The number of halogens is 1. The van der Waals surface area contributed by atoms with Crippen molar-refractivity contribution >= 4 is 34.3 Å². The van der Waals surface area contributed by atoms with Crippen molar-refractivity contribution in [2.24, 2.45) is 0 Å². The highest BCUT2D eigenvalue weighted by atomic mass is 35.5. The molecular formula is C17H14ClN3OS. The van der Waals surface area contributed by atoms with Gasteiger partial charge in [0, 0.05) is 17.0 Å². The predicted molar refractivity (Wildman–Crippen MR) is 95.6 cm³/mol. The average molecular weight is 344 g/mol. The van der Waals surface area contributed by atoms with Gasteiger partial charge in [-0.3, -0.25) is 4.79 Å². The molecule has 0 saturated carbocycles. The molecule has 0 saturated heterocycles. The number of rotatable bonds is 4. The van der Waals surface area contributed by atoms with Crippen LogP contribution in [-0.2, 0) is 0 Å². The van der Waals surface area contributed by atoms with Crippen molar-refractivity contribution < 1.29 is 0 Å². The fourth-order valence-electron chi connectivity index (χ4n) is 2.15. The summed E-state index contributed by atoms with van der Waals surface area (Å²) in [5.41, 5.74) is 1.54. The Kier molecular flexibility index (Phi) is 4.50. The predicted octanol–water partition coefficient (Wildman–Crippen LogP) is 3.93. The summed E-state index contributed by atoms with van der Waals surface area (Å²) in [4.78, 5) is 21.8. The second-order valence-corrected chi connectivity index (χ2v) is 6.53. The zero-order valence-corrected chi connectivity index (χ0v) is 14.1. The van der Waals surface area contributed by atoms with E-state index in [4.69, 9.17) is 11.6 Å². The SMILES string of the molecule is C=C(Cl)CSc1nc2ccccc2c(=O)n1-c1ccc(C)cn1. The minimum Gasteiger partial charge on any atom is -0.268 e. The first-order chi connectivity index (χ1) is 11.1. The van der Waals surface area contributed by atoms with Crippen LogP contribution in [0.4, 0.5) is 0 Å². The lowest BCUT2D eigenvalue weighted by atomic mass is 10.2. The van der Waals surface area contributed by atoms with Gasteiger partial charge in [0.05, 0.1) is 10.9 Å². The molecule has 0 aliphatic heterocycles. The van der Waals surface area contributed by atoms with E-state index in [0.29, 0.717) is 32.7 Å². The van der Waals surface area contributed by atoms with E-state index in [2.05, 4.69) is 16.5 Å². The van der Waals surface area contributed by atoms with E-state index in [-0.39, 0.29) is 5.56 Å². The second-order valence-electron chi connectivity index (χ2n) is 5.05. The molecule has 0 fully saturated rings. The largest absolute Gasteiger partial charge is 0.268 e. The molecule has 3 rings (SSSR count). The van der Waals surface area contributed by atoms with Gasteiger partial charge in [0.15, 0.2) is 5.16 Å². The van der Waals surface area contributed by atoms with Crippen LogP contribution in [0.3, 0.4) is 0 Å². The topological polar surface area (TPSA) is 47.8 Å². The molecule has 0 radical (unpaired) electrons. The Labute approximate surface area is 142 Å². The Balaban J connectivity index is 2.25. The molecule has 0 spiro atoms. The maximum absolute atomic E-state index is 12.9. The molecule has 3 aromatic rings. The Morgan fingerprint density at radius 3 is 2.78 bits per heavy atom. The van der Waals surface area contributed by atoms with Crippen molar-refractivity contribution in [3.8, 4) is 5.82 Å². The first-order valence-electron chi connectivity index (χ1n) is 6.97. The van der Waals surface area contributed by atoms with Crippen LogP contribution in [0.25, 0.3) is 16.7 Å². The number of aromatic nitrogens is 3. The quantitative estimate of drug-likeness (QED) is 0.532. The lowest BCUT2D eigenvalue weighted by Gasteiger charge is -2.12. The number of fused-ring (bicyclic) bond motifs is 1. The van der Waals surface area contributed by atoms with E-state index in [1.54, 1.807) is 12.3 Å². The van der Waals surface area contributed by atoms with Gasteiger partial charge < -0.3 is 0 Å². The average Bonchev–Trinajstić information content (AvgIpc) is 2.54. The molecule has 0 amide bonds. The highest BCUT2D eigenvalue weighted by Gasteiger charge is 2.14. The molecule has 4 nitrogen and oxygen atoms in total. The molecule has 0 atom stereocenters. The maximum atomic E-state index is 12.9. The molecule has 2 heterocycles. The molecule has 116 valence electrons. The van der Waals surface area contributed by atoms with Crippen LogP contribution in [0.2, 0.25) is 0 Å². The number of pyridine rings is 1. The lowest BCUT2D eigenvalue weighted by Crippen LogP contribution is -2.22. The number of thioether (sulfide) groups is 1. The Morgan fingerprint density at radius 2 is 2.09 bits per heavy atom. The van der Waals surface area contributed by atoms with Crippen molar-refractivity contribution in [1.82, 2.24) is 14.5 Å². The Hall–Kier alpha value is -2.11. The summed E-state index contributed by atoms with van der Waals surface area (Å²) in [5, 5.41) is 1.61. The third-order valence-corrected chi connectivity index (χ3v) is 4.54. The van der Waals surface area contributed by atoms with Gasteiger partial charge in [-0.05, 0) is 30.7 Å². The van der Waals surface area contributed by atoms with Crippen molar-refractivity contribution in [2.75, 3.05) is 5.75 Å². The number of para-hydroxylation sites is 1. The standard InChI is InChI=1S/C17H14ClN3OS/c1-11-7-8-15(19-9-11)21-16(22)13-5-3-4-6-14(13)20-17(21)23-10-12(2)18/h3-9H,2,10H2,1H3. The summed E-state index contributed by atoms with van der Waals surface area (Å²) in [7, 11) is 0. The van der Waals surface area contributed by atoms with Crippen LogP contribution in [0.5, 0.6) is 0 Å². The number of aryl methyl sites for hydroxylation is 1. The van der Waals surface area contributed by atoms with Gasteiger partial charge in [0.25, 0.3) is 5.56 Å². The molecule has 2 aromatic heterocycles. The summed E-state index contributed by atoms with van der Waals surface area (Å²) < 4.78 is 1.52. The van der Waals surface area contributed by atoms with Crippen molar-refractivity contribution in [1.29, 1.82) is 0 Å². The fourth-order valence-corrected chi connectivity index (χ4v) is 3.06. The van der Waals surface area contributed by atoms with Gasteiger partial charge in [-0.25, -0.2) is 14.5 Å². The van der Waals surface area contributed by atoms with Gasteiger partial charge in [-0.15, -0.1) is 0 Å². The van der Waals surface area contributed by atoms with E-state index in [1.165, 1.54) is 16.3 Å². The Bertz CT molecular complexity index is 935. The first-order valence-corrected chi connectivity index (χ1v) is 8.33. The van der Waals surface area contributed by atoms with Crippen molar-refractivity contribution in [3.05, 3.63) is 70.1 Å². The third kappa shape index (κ3) is 3.30. The van der Waals surface area contributed by atoms with Gasteiger partial charge >= 0.3 is 0 Å². The van der Waals surface area contributed by atoms with E-state index in [1.807, 2.05) is 37.3 Å². The molecule has 1 aromatic carbocycles. The summed E-state index contributed by atoms with van der Waals surface area (Å²) in [5.74, 6) is 1.01. The molecule has 0 aliphatic rings. The van der Waals surface area contributed by atoms with Gasteiger partial charge in [-0.2, -0.15) is 0 Å². The normalized spacial score (nSPS) is 10.9. The summed E-state index contributed by atoms with van der Waals surface area (Å²) in [6.07, 6.45) is 1.73. The van der Waals surface area contributed by atoms with Crippen LogP contribution < -0.4 is 5.56 Å². The van der Waals surface area contributed by atoms with E-state index in [9.17, 15) is 4.79 Å². The smallest absolute Gasteiger partial charge is 0.267 e. The first kappa shape index (κ1) is 15.8. The molecule has 0 aliphatic carbocycles. The summed E-state index contributed by atoms with van der Waals surface area (Å²) >= 11 is 7.22. The van der Waals surface area contributed by atoms with E-state index in [0.717, 1.165) is 5.56 Å². The number of nitrogens with zero attached hydrogens (tertiary/aromatic N) is 3. The van der Waals surface area contributed by atoms with Crippen LogP contribution >= 0.6 is 23.4 Å². The fraction of sp³-hybridized carbons (Fsp3) is 0.118. The Morgan fingerprint density at radius 1 is 1.30 bits per heavy atom. The minimum atomic E-state index is -0.144. The second kappa shape index (κ2) is 6.56. The molecule has 0 N–H and O–H groups in total. The zero-order valence-electron chi connectivity index (χ0n) is 12.5. The molecule has 0 bridgehead atoms. The van der Waals surface area contributed by atoms with Crippen molar-refractivity contribution in [2.45, 2.75) is 12.1 Å². The minimum absolute atomic E-state index is 0.144. The van der Waals surface area contributed by atoms with Crippen LogP contribution in [0, 0.1) is 6.92 Å². The van der Waals surface area contributed by atoms with Crippen molar-refractivity contribution in [3.63, 3.8) is 0 Å². The summed E-state index contributed by atoms with van der Waals surface area (Å²) in [6.45, 7) is 5.63. The molecule has 0 unspecified atom stereocenters. The van der Waals surface area contributed by atoms with Crippen LogP contribution in [-0.4, -0.2) is 20.3 Å². The van der Waals surface area contributed by atoms with Gasteiger partial charge in [0.2, 0.25) is 0 Å². The molecule has 6 heteroatoms. The van der Waals surface area contributed by atoms with E-state index >= 15 is 0 Å². The molecular weight excluding hydrogens is 330 g/mol. The van der Waals surface area contributed by atoms with E-state index < -0.39 is 0 Å². The highest BCUT2D eigenvalue weighted by molar-refractivity contribution is 7.99. The van der Waals surface area contributed by atoms with Gasteiger partial charge in [0.1, 0.15) is 5.82 Å². The number of hydrogen-bond acceptors (Lipinski definition) is 4. The number of benzene rings is 1. The highest BCUT2D eigenvalue weighted by Crippen LogP contribution is 2.22. The van der Waals surface area contributed by atoms with Crippen LogP contribution in [0.1, 0.15) is 5.56 Å². The third-order valence-electron chi connectivity index (χ3n) is 3.23. The van der Waals surface area contributed by atoms with Gasteiger partial charge in [-0.1, -0.05) is 48.1 Å². The lowest BCUT2D eigenvalue weighted by molar-refractivity contribution is 0.795.